The van der Waals surface area contributed by atoms with Gasteiger partial charge in [0.25, 0.3) is 5.91 Å². The minimum atomic E-state index is -1.10. The first-order valence-electron chi connectivity index (χ1n) is 9.11. The summed E-state index contributed by atoms with van der Waals surface area (Å²) < 4.78 is 0. The molecule has 1 saturated carbocycles. The van der Waals surface area contributed by atoms with E-state index < -0.39 is 11.6 Å². The van der Waals surface area contributed by atoms with Gasteiger partial charge < -0.3 is 10.4 Å². The lowest BCUT2D eigenvalue weighted by Crippen LogP contribution is -2.39. The molecule has 2 atom stereocenters. The second-order valence-electron chi connectivity index (χ2n) is 6.94. The van der Waals surface area contributed by atoms with Crippen LogP contribution in [-0.2, 0) is 5.54 Å². The number of nitrogens with one attached hydrogen (secondary N) is 2. The highest BCUT2D eigenvalue weighted by Gasteiger charge is 2.47. The Morgan fingerprint density at radius 2 is 2.00 bits per heavy atom. The normalized spacial score (nSPS) is 23.4. The van der Waals surface area contributed by atoms with E-state index in [4.69, 9.17) is 10.1 Å². The third-order valence-corrected chi connectivity index (χ3v) is 6.32. The van der Waals surface area contributed by atoms with E-state index in [0.29, 0.717) is 22.3 Å². The van der Waals surface area contributed by atoms with Crippen molar-refractivity contribution >= 4 is 34.6 Å². The van der Waals surface area contributed by atoms with Gasteiger partial charge in [-0.15, -0.1) is 0 Å². The van der Waals surface area contributed by atoms with Gasteiger partial charge in [0.15, 0.2) is 5.17 Å². The molecule has 1 aliphatic carbocycles. The Labute approximate surface area is 166 Å². The summed E-state index contributed by atoms with van der Waals surface area (Å²) in [5.41, 5.74) is 1.80. The first-order chi connectivity index (χ1) is 13.6. The zero-order chi connectivity index (χ0) is 19.6. The minimum Gasteiger partial charge on any atom is -0.465 e. The number of aromatic nitrogens is 1. The molecule has 1 aromatic carbocycles. The number of rotatable bonds is 3. The van der Waals surface area contributed by atoms with Crippen molar-refractivity contribution < 1.29 is 14.7 Å². The van der Waals surface area contributed by atoms with E-state index in [1.165, 1.54) is 11.8 Å². The number of nitrogens with zero attached hydrogens (tertiary/aromatic N) is 2. The van der Waals surface area contributed by atoms with Crippen LogP contribution in [0.4, 0.5) is 10.5 Å². The molecule has 144 valence electrons. The number of hydrogen-bond acceptors (Lipinski definition) is 5. The number of amidine groups is 1. The molecule has 2 aromatic rings. The number of carbonyl (C=O) groups is 2. The zero-order valence-corrected chi connectivity index (χ0v) is 15.9. The summed E-state index contributed by atoms with van der Waals surface area (Å²) in [5, 5.41) is 14.8. The van der Waals surface area contributed by atoms with Gasteiger partial charge in [-0.2, -0.15) is 0 Å². The quantitative estimate of drug-likeness (QED) is 0.734. The van der Waals surface area contributed by atoms with Crippen LogP contribution in [0.3, 0.4) is 0 Å². The van der Waals surface area contributed by atoms with Crippen LogP contribution >= 0.6 is 11.8 Å². The Morgan fingerprint density at radius 3 is 2.79 bits per heavy atom. The van der Waals surface area contributed by atoms with E-state index in [9.17, 15) is 9.59 Å². The molecule has 0 saturated heterocycles. The Bertz CT molecular complexity index is 934. The molecule has 8 heteroatoms. The third-order valence-electron chi connectivity index (χ3n) is 5.28. The van der Waals surface area contributed by atoms with Crippen molar-refractivity contribution in [3.8, 4) is 0 Å². The van der Waals surface area contributed by atoms with E-state index >= 15 is 0 Å². The number of pyridine rings is 1. The second kappa shape index (κ2) is 7.63. The number of thioether (sulfide) groups is 1. The maximum absolute atomic E-state index is 12.5. The molecule has 2 heterocycles. The van der Waals surface area contributed by atoms with E-state index in [-0.39, 0.29) is 5.91 Å². The largest absolute Gasteiger partial charge is 0.465 e. The lowest BCUT2D eigenvalue weighted by atomic mass is 9.81. The van der Waals surface area contributed by atoms with Gasteiger partial charge in [0.1, 0.15) is 0 Å². The highest BCUT2D eigenvalue weighted by atomic mass is 32.2. The van der Waals surface area contributed by atoms with Crippen molar-refractivity contribution in [1.82, 2.24) is 10.3 Å². The highest BCUT2D eigenvalue weighted by molar-refractivity contribution is 8.13. The fourth-order valence-corrected chi connectivity index (χ4v) is 5.18. The van der Waals surface area contributed by atoms with Crippen LogP contribution < -0.4 is 10.6 Å². The van der Waals surface area contributed by atoms with E-state index in [0.717, 1.165) is 30.6 Å². The first kappa shape index (κ1) is 18.5. The molecule has 3 N–H and O–H groups in total. The van der Waals surface area contributed by atoms with Gasteiger partial charge in [0.05, 0.1) is 5.54 Å². The van der Waals surface area contributed by atoms with Crippen LogP contribution in [0.25, 0.3) is 0 Å². The van der Waals surface area contributed by atoms with Crippen molar-refractivity contribution in [2.75, 3.05) is 11.1 Å². The molecule has 1 aromatic heterocycles. The predicted octanol–water partition coefficient (Wildman–Crippen LogP) is 3.70. The third kappa shape index (κ3) is 3.60. The fourth-order valence-electron chi connectivity index (χ4n) is 4.00. The number of carbonyl (C=O) groups excluding carboxylic acids is 1. The summed E-state index contributed by atoms with van der Waals surface area (Å²) >= 11 is 1.46. The Balaban J connectivity index is 1.64. The van der Waals surface area contributed by atoms with Crippen molar-refractivity contribution in [2.45, 2.75) is 24.8 Å². The number of carboxylic acid groups (broad SMARTS) is 1. The summed E-state index contributed by atoms with van der Waals surface area (Å²) in [4.78, 5) is 32.3. The molecule has 28 heavy (non-hydrogen) atoms. The Hall–Kier alpha value is -2.87. The van der Waals surface area contributed by atoms with Gasteiger partial charge >= 0.3 is 6.09 Å². The molecule has 2 aliphatic rings. The van der Waals surface area contributed by atoms with Crippen LogP contribution in [-0.4, -0.2) is 33.0 Å². The van der Waals surface area contributed by atoms with Crippen molar-refractivity contribution in [1.29, 1.82) is 0 Å². The topological polar surface area (TPSA) is 104 Å². The molecule has 1 unspecified atom stereocenters. The minimum absolute atomic E-state index is 0.198. The molecule has 0 bridgehead atoms. The maximum atomic E-state index is 12.5. The zero-order valence-electron chi connectivity index (χ0n) is 15.1. The monoisotopic (exact) mass is 396 g/mol. The molecule has 0 radical (unpaired) electrons. The van der Waals surface area contributed by atoms with Gasteiger partial charge in [-0.05, 0) is 48.6 Å². The van der Waals surface area contributed by atoms with Crippen molar-refractivity contribution in [3.05, 3.63) is 59.9 Å². The predicted molar refractivity (Wildman–Crippen MR) is 109 cm³/mol. The van der Waals surface area contributed by atoms with Crippen LogP contribution in [0.15, 0.2) is 53.8 Å². The lowest BCUT2D eigenvalue weighted by Gasteiger charge is -2.36. The van der Waals surface area contributed by atoms with Crippen LogP contribution in [0, 0.1) is 5.92 Å². The van der Waals surface area contributed by atoms with E-state index in [2.05, 4.69) is 15.6 Å². The summed E-state index contributed by atoms with van der Waals surface area (Å²) in [7, 11) is 0. The van der Waals surface area contributed by atoms with Crippen molar-refractivity contribution in [2.24, 2.45) is 10.9 Å². The number of benzene rings is 1. The standard InChI is InChI=1S/C20H20N4O3S/c25-17(13-6-9-21-10-7-13)22-16-5-1-3-14(11-16)20-8-2-4-15(20)12-28-18(24-20)23-19(26)27/h1,3,5-7,9-11,15H,2,4,8,12H2,(H,22,25)(H,23,24)(H,26,27)/t15?,20-/m1/s1. The molecule has 1 aliphatic heterocycles. The maximum Gasteiger partial charge on any atom is 0.410 e. The molecule has 7 nitrogen and oxygen atoms in total. The number of amides is 2. The van der Waals surface area contributed by atoms with Crippen LogP contribution in [0.1, 0.15) is 35.2 Å². The summed E-state index contributed by atoms with van der Waals surface area (Å²) in [6, 6.07) is 11.0. The van der Waals surface area contributed by atoms with E-state index in [1.54, 1.807) is 24.5 Å². The number of anilines is 1. The Morgan fingerprint density at radius 1 is 1.18 bits per heavy atom. The van der Waals surface area contributed by atoms with Gasteiger partial charge in [0.2, 0.25) is 0 Å². The number of aliphatic imine (C=N–C) groups is 1. The second-order valence-corrected chi connectivity index (χ2v) is 7.95. The summed E-state index contributed by atoms with van der Waals surface area (Å²) in [5.74, 6) is 0.978. The average Bonchev–Trinajstić information content (AvgIpc) is 3.13. The highest BCUT2D eigenvalue weighted by Crippen LogP contribution is 2.51. The molecule has 0 spiro atoms. The van der Waals surface area contributed by atoms with E-state index in [1.807, 2.05) is 24.3 Å². The van der Waals surface area contributed by atoms with Gasteiger partial charge in [-0.1, -0.05) is 30.3 Å². The average molecular weight is 396 g/mol. The molecule has 2 amide bonds. The van der Waals surface area contributed by atoms with Crippen LogP contribution in [0.2, 0.25) is 0 Å². The van der Waals surface area contributed by atoms with Gasteiger partial charge in [0, 0.05) is 29.4 Å². The summed E-state index contributed by atoms with van der Waals surface area (Å²) in [6.07, 6.45) is 5.03. The van der Waals surface area contributed by atoms with Gasteiger partial charge in [-0.3, -0.25) is 20.1 Å². The lowest BCUT2D eigenvalue weighted by molar-refractivity contribution is 0.102. The van der Waals surface area contributed by atoms with Crippen LogP contribution in [0.5, 0.6) is 0 Å². The Kier molecular flexibility index (Phi) is 5.04. The SMILES string of the molecule is O=C(O)NC1=N[C@@]2(c3cccc(NC(=O)c4ccncc4)c3)CCCC2CS1. The number of hydrogen-bond donors (Lipinski definition) is 3. The van der Waals surface area contributed by atoms with Crippen molar-refractivity contribution in [3.63, 3.8) is 0 Å². The first-order valence-corrected chi connectivity index (χ1v) is 10.1. The molecular weight excluding hydrogens is 376 g/mol. The smallest absolute Gasteiger partial charge is 0.410 e. The molecular formula is C20H20N4O3S. The van der Waals surface area contributed by atoms with Gasteiger partial charge in [-0.25, -0.2) is 4.79 Å². The molecule has 4 rings (SSSR count). The fraction of sp³-hybridized carbons (Fsp3) is 0.300. The summed E-state index contributed by atoms with van der Waals surface area (Å²) in [6.45, 7) is 0. The number of fused-ring (bicyclic) bond motifs is 1. The molecule has 1 fully saturated rings.